The van der Waals surface area contributed by atoms with E-state index in [1.807, 2.05) is 18.2 Å². The van der Waals surface area contributed by atoms with Gasteiger partial charge in [-0.3, -0.25) is 4.79 Å². The van der Waals surface area contributed by atoms with E-state index in [4.69, 9.17) is 0 Å². The molecule has 2 rings (SSSR count). The van der Waals surface area contributed by atoms with E-state index < -0.39 is 0 Å². The Hall–Kier alpha value is -1.00. The number of aliphatic hydroxyl groups excluding tert-OH is 1. The summed E-state index contributed by atoms with van der Waals surface area (Å²) in [4.78, 5) is 13.0. The molecule has 3 nitrogen and oxygen atoms in total. The highest BCUT2D eigenvalue weighted by Gasteiger charge is 2.37. The highest BCUT2D eigenvalue weighted by atomic mass is 32.2. The summed E-state index contributed by atoms with van der Waals surface area (Å²) in [6, 6.07) is 10.2. The summed E-state index contributed by atoms with van der Waals surface area (Å²) in [5.74, 6) is 1.02. The van der Waals surface area contributed by atoms with Crippen molar-refractivity contribution in [1.82, 2.24) is 5.32 Å². The van der Waals surface area contributed by atoms with Crippen LogP contribution in [0.1, 0.15) is 32.1 Å². The second-order valence-corrected chi connectivity index (χ2v) is 6.27. The summed E-state index contributed by atoms with van der Waals surface area (Å²) in [5, 5.41) is 12.3. The molecule has 0 unspecified atom stereocenters. The first kappa shape index (κ1) is 14.4. The quantitative estimate of drug-likeness (QED) is 0.596. The fraction of sp³-hybridized carbons (Fsp3) is 0.533. The van der Waals surface area contributed by atoms with Crippen molar-refractivity contribution in [2.45, 2.75) is 42.5 Å². The number of nitrogens with one attached hydrogen (secondary N) is 1. The van der Waals surface area contributed by atoms with E-state index >= 15 is 0 Å². The number of rotatable bonds is 7. The molecule has 1 aromatic carbocycles. The molecule has 0 atom stereocenters. The first-order valence-electron chi connectivity index (χ1n) is 6.84. The van der Waals surface area contributed by atoms with Crippen LogP contribution in [0.25, 0.3) is 0 Å². The molecule has 1 aromatic rings. The Balaban J connectivity index is 1.62. The van der Waals surface area contributed by atoms with Gasteiger partial charge < -0.3 is 10.4 Å². The predicted octanol–water partition coefficient (Wildman–Crippen LogP) is 2.59. The number of carbonyl (C=O) groups is 1. The summed E-state index contributed by atoms with van der Waals surface area (Å²) in [7, 11) is 0. The van der Waals surface area contributed by atoms with E-state index in [0.29, 0.717) is 6.42 Å². The van der Waals surface area contributed by atoms with Crippen LogP contribution in [0.2, 0.25) is 0 Å². The second-order valence-electron chi connectivity index (χ2n) is 5.11. The molecule has 1 saturated carbocycles. The Morgan fingerprint density at radius 3 is 2.63 bits per heavy atom. The van der Waals surface area contributed by atoms with E-state index in [9.17, 15) is 9.90 Å². The zero-order valence-corrected chi connectivity index (χ0v) is 11.9. The molecule has 1 aliphatic carbocycles. The van der Waals surface area contributed by atoms with Gasteiger partial charge in [0.2, 0.25) is 5.91 Å². The van der Waals surface area contributed by atoms with Gasteiger partial charge in [-0.1, -0.05) is 18.2 Å². The molecule has 4 heteroatoms. The van der Waals surface area contributed by atoms with Crippen LogP contribution < -0.4 is 5.32 Å². The molecule has 104 valence electrons. The number of amides is 1. The Kier molecular flexibility index (Phi) is 5.28. The standard InChI is InChI=1S/C15H21NO2S/c17-12-15(9-5-10-15)16-14(18)8-4-11-19-13-6-2-1-3-7-13/h1-3,6-7,17H,4-5,8-12H2,(H,16,18). The third-order valence-corrected chi connectivity index (χ3v) is 4.68. The van der Waals surface area contributed by atoms with Crippen LogP contribution in [-0.4, -0.2) is 28.9 Å². The van der Waals surface area contributed by atoms with Gasteiger partial charge in [0.05, 0.1) is 12.1 Å². The molecule has 1 amide bonds. The molecular weight excluding hydrogens is 258 g/mol. The van der Waals surface area contributed by atoms with Crippen molar-refractivity contribution in [2.75, 3.05) is 12.4 Å². The highest BCUT2D eigenvalue weighted by molar-refractivity contribution is 7.99. The monoisotopic (exact) mass is 279 g/mol. The lowest BCUT2D eigenvalue weighted by molar-refractivity contribution is -0.125. The number of hydrogen-bond acceptors (Lipinski definition) is 3. The molecule has 0 aliphatic heterocycles. The minimum atomic E-state index is -0.302. The Morgan fingerprint density at radius 2 is 2.05 bits per heavy atom. The average Bonchev–Trinajstić information content (AvgIpc) is 2.40. The van der Waals surface area contributed by atoms with E-state index in [0.717, 1.165) is 31.4 Å². The zero-order valence-electron chi connectivity index (χ0n) is 11.1. The van der Waals surface area contributed by atoms with E-state index in [-0.39, 0.29) is 18.1 Å². The minimum absolute atomic E-state index is 0.0670. The smallest absolute Gasteiger partial charge is 0.220 e. The Morgan fingerprint density at radius 1 is 1.32 bits per heavy atom. The summed E-state index contributed by atoms with van der Waals surface area (Å²) in [5.41, 5.74) is -0.302. The lowest BCUT2D eigenvalue weighted by Gasteiger charge is -2.41. The van der Waals surface area contributed by atoms with Crippen molar-refractivity contribution < 1.29 is 9.90 Å². The van der Waals surface area contributed by atoms with Crippen LogP contribution in [0.3, 0.4) is 0 Å². The molecule has 1 aliphatic rings. The van der Waals surface area contributed by atoms with Gasteiger partial charge in [0.1, 0.15) is 0 Å². The predicted molar refractivity (Wildman–Crippen MR) is 78.2 cm³/mol. The van der Waals surface area contributed by atoms with Crippen molar-refractivity contribution in [3.8, 4) is 0 Å². The van der Waals surface area contributed by atoms with Gasteiger partial charge >= 0.3 is 0 Å². The summed E-state index contributed by atoms with van der Waals surface area (Å²) in [6.07, 6.45) is 4.33. The minimum Gasteiger partial charge on any atom is -0.394 e. The molecular formula is C15H21NO2S. The van der Waals surface area contributed by atoms with Gasteiger partial charge in [0.15, 0.2) is 0 Å². The van der Waals surface area contributed by atoms with Gasteiger partial charge in [-0.15, -0.1) is 11.8 Å². The number of carbonyl (C=O) groups excluding carboxylic acids is 1. The van der Waals surface area contributed by atoms with Crippen molar-refractivity contribution in [1.29, 1.82) is 0 Å². The molecule has 2 N–H and O–H groups in total. The van der Waals surface area contributed by atoms with Crippen molar-refractivity contribution in [3.05, 3.63) is 30.3 Å². The number of hydrogen-bond donors (Lipinski definition) is 2. The van der Waals surface area contributed by atoms with Crippen LogP contribution >= 0.6 is 11.8 Å². The van der Waals surface area contributed by atoms with E-state index in [2.05, 4.69) is 17.4 Å². The third-order valence-electron chi connectivity index (χ3n) is 3.58. The second kappa shape index (κ2) is 6.96. The third kappa shape index (κ3) is 4.25. The molecule has 0 saturated heterocycles. The first-order chi connectivity index (χ1) is 9.24. The lowest BCUT2D eigenvalue weighted by atomic mass is 9.77. The van der Waals surface area contributed by atoms with Gasteiger partial charge in [0.25, 0.3) is 0 Å². The maximum absolute atomic E-state index is 11.8. The average molecular weight is 279 g/mol. The largest absolute Gasteiger partial charge is 0.394 e. The molecule has 0 aromatic heterocycles. The molecule has 0 heterocycles. The van der Waals surface area contributed by atoms with Gasteiger partial charge in [-0.05, 0) is 43.6 Å². The van der Waals surface area contributed by atoms with Crippen molar-refractivity contribution in [3.63, 3.8) is 0 Å². The SMILES string of the molecule is O=C(CCCSc1ccccc1)NC1(CO)CCC1. The Labute approximate surface area is 118 Å². The fourth-order valence-electron chi connectivity index (χ4n) is 2.22. The topological polar surface area (TPSA) is 49.3 Å². The molecule has 0 spiro atoms. The van der Waals surface area contributed by atoms with Gasteiger partial charge in [0, 0.05) is 11.3 Å². The molecule has 0 radical (unpaired) electrons. The zero-order chi connectivity index (χ0) is 13.6. The molecule has 19 heavy (non-hydrogen) atoms. The lowest BCUT2D eigenvalue weighted by Crippen LogP contribution is -2.56. The van der Waals surface area contributed by atoms with Gasteiger partial charge in [-0.2, -0.15) is 0 Å². The maximum Gasteiger partial charge on any atom is 0.220 e. The Bertz CT molecular complexity index is 398. The van der Waals surface area contributed by atoms with Crippen LogP contribution in [0.15, 0.2) is 35.2 Å². The number of thioether (sulfide) groups is 1. The summed E-state index contributed by atoms with van der Waals surface area (Å²) < 4.78 is 0. The normalized spacial score (nSPS) is 16.7. The first-order valence-corrected chi connectivity index (χ1v) is 7.82. The van der Waals surface area contributed by atoms with E-state index in [1.54, 1.807) is 11.8 Å². The van der Waals surface area contributed by atoms with Crippen LogP contribution in [0.4, 0.5) is 0 Å². The number of aliphatic hydroxyl groups is 1. The van der Waals surface area contributed by atoms with Crippen LogP contribution in [0.5, 0.6) is 0 Å². The van der Waals surface area contributed by atoms with Crippen LogP contribution in [-0.2, 0) is 4.79 Å². The van der Waals surface area contributed by atoms with Gasteiger partial charge in [-0.25, -0.2) is 0 Å². The summed E-state index contributed by atoms with van der Waals surface area (Å²) in [6.45, 7) is 0.0670. The summed E-state index contributed by atoms with van der Waals surface area (Å²) >= 11 is 1.78. The van der Waals surface area contributed by atoms with Crippen molar-refractivity contribution in [2.24, 2.45) is 0 Å². The maximum atomic E-state index is 11.8. The fourth-order valence-corrected chi connectivity index (χ4v) is 3.10. The van der Waals surface area contributed by atoms with Crippen LogP contribution in [0, 0.1) is 0 Å². The molecule has 0 bridgehead atoms. The van der Waals surface area contributed by atoms with E-state index in [1.165, 1.54) is 4.90 Å². The molecule has 1 fully saturated rings. The van der Waals surface area contributed by atoms with Crippen molar-refractivity contribution >= 4 is 17.7 Å². The highest BCUT2D eigenvalue weighted by Crippen LogP contribution is 2.31. The number of benzene rings is 1.